The number of hydrogen-bond donors (Lipinski definition) is 0. The van der Waals surface area contributed by atoms with Gasteiger partial charge in [0, 0.05) is 152 Å². The van der Waals surface area contributed by atoms with Crippen LogP contribution in [-0.2, 0) is 0 Å². The highest BCUT2D eigenvalue weighted by Gasteiger charge is 2.26. The van der Waals surface area contributed by atoms with Gasteiger partial charge in [-0.1, -0.05) is 194 Å². The normalized spacial score (nSPS) is 12.0. The van der Waals surface area contributed by atoms with Crippen molar-refractivity contribution in [2.24, 2.45) is 0 Å². The Kier molecular flexibility index (Phi) is 13.9. The van der Waals surface area contributed by atoms with Gasteiger partial charge in [0.15, 0.2) is 11.2 Å². The molecule has 0 radical (unpaired) electrons. The average molecular weight is 1450 g/mol. The smallest absolute Gasteiger partial charge is 0.161 e. The van der Waals surface area contributed by atoms with Crippen molar-refractivity contribution in [1.29, 1.82) is 0 Å². The molecule has 0 aliphatic heterocycles. The third kappa shape index (κ3) is 9.76. The summed E-state index contributed by atoms with van der Waals surface area (Å²) < 4.78 is 36.3. The highest BCUT2D eigenvalue weighted by atomic mass is 32.1. The highest BCUT2D eigenvalue weighted by molar-refractivity contribution is 7.26. The molecule has 0 unspecified atom stereocenters. The van der Waals surface area contributed by atoms with Crippen LogP contribution in [0, 0.1) is 0 Å². The molecule has 110 heavy (non-hydrogen) atoms. The van der Waals surface area contributed by atoms with Gasteiger partial charge in [0.05, 0.1) is 11.0 Å². The molecule has 0 spiro atoms. The largest absolute Gasteiger partial charge is 0.456 e. The Morgan fingerprint density at radius 2 is 0.536 bits per heavy atom. The first-order valence-electron chi connectivity index (χ1n) is 37.0. The second-order valence-corrected chi connectivity index (χ2v) is 30.3. The predicted molar refractivity (Wildman–Crippen MR) is 462 cm³/mol. The Balaban J connectivity index is 0.000000132. The van der Waals surface area contributed by atoms with Crippen LogP contribution in [0.1, 0.15) is 0 Å². The van der Waals surface area contributed by atoms with Crippen molar-refractivity contribution in [2.45, 2.75) is 0 Å². The molecule has 0 amide bonds. The maximum Gasteiger partial charge on any atom is 0.161 e. The van der Waals surface area contributed by atoms with Crippen molar-refractivity contribution in [3.05, 3.63) is 364 Å². The van der Waals surface area contributed by atoms with Gasteiger partial charge >= 0.3 is 0 Å². The lowest BCUT2D eigenvalue weighted by molar-refractivity contribution is 0.669. The quantitative estimate of drug-likeness (QED) is 0.136. The number of thiophene rings is 2. The SMILES string of the molecule is c1ccc(-n2c3ccccc3c3oc4c(-c5ccc(N(c6ccc7c(c6)oc6ccccc67)c6ccc7c(c6)oc6ccccc67)cc5)cccc4c32)cc1.c1ccc(-n2c3ccccc3c3oc4c(-c5ccc(N(c6ccc7c(c6)sc6ccccc67)c6ccc7c(c6)sc6ccccc67)cc5)cccc4c32)cc1. The summed E-state index contributed by atoms with van der Waals surface area (Å²) in [5.41, 5.74) is 24.3. The van der Waals surface area contributed by atoms with Crippen molar-refractivity contribution in [2.75, 3.05) is 9.80 Å². The summed E-state index contributed by atoms with van der Waals surface area (Å²) in [5, 5.41) is 14.0. The lowest BCUT2D eigenvalue weighted by Crippen LogP contribution is -2.09. The van der Waals surface area contributed by atoms with Crippen LogP contribution in [0.4, 0.5) is 34.1 Å². The topological polar surface area (TPSA) is 68.9 Å². The lowest BCUT2D eigenvalue weighted by atomic mass is 10.0. The monoisotopic (exact) mass is 1440 g/mol. The van der Waals surface area contributed by atoms with E-state index in [1.54, 1.807) is 0 Å². The maximum atomic E-state index is 6.87. The van der Waals surface area contributed by atoms with Gasteiger partial charge in [-0.15, -0.1) is 22.7 Å². The van der Waals surface area contributed by atoms with Crippen molar-refractivity contribution < 1.29 is 17.7 Å². The molecular weight excluding hydrogens is 1390 g/mol. The van der Waals surface area contributed by atoms with E-state index < -0.39 is 0 Å². The summed E-state index contributed by atoms with van der Waals surface area (Å²) in [7, 11) is 0. The molecule has 8 nitrogen and oxygen atoms in total. The Bertz CT molecular complexity index is 7110. The molecule has 0 atom stereocenters. The third-order valence-corrected chi connectivity index (χ3v) is 24.3. The number of anilines is 6. The molecular formula is C100H60N4O4S2. The molecule has 0 saturated carbocycles. The minimum atomic E-state index is 0.841. The van der Waals surface area contributed by atoms with Crippen molar-refractivity contribution in [3.63, 3.8) is 0 Å². The number of aromatic nitrogens is 2. The molecule has 8 heterocycles. The third-order valence-electron chi connectivity index (χ3n) is 22.0. The minimum absolute atomic E-state index is 0.841. The molecule has 8 aromatic heterocycles. The van der Waals surface area contributed by atoms with Crippen LogP contribution < -0.4 is 9.80 Å². The zero-order valence-electron chi connectivity index (χ0n) is 58.9. The molecule has 0 saturated heterocycles. The Labute approximate surface area is 636 Å². The summed E-state index contributed by atoms with van der Waals surface area (Å²) in [5.74, 6) is 0. The van der Waals surface area contributed by atoms with E-state index in [0.29, 0.717) is 0 Å². The molecule has 24 aromatic rings. The van der Waals surface area contributed by atoms with Gasteiger partial charge in [-0.2, -0.15) is 0 Å². The molecule has 0 N–H and O–H groups in total. The number of hydrogen-bond acceptors (Lipinski definition) is 8. The van der Waals surface area contributed by atoms with Crippen molar-refractivity contribution >= 4 is 207 Å². The van der Waals surface area contributed by atoms with E-state index >= 15 is 0 Å². The van der Waals surface area contributed by atoms with Gasteiger partial charge in [0.25, 0.3) is 0 Å². The van der Waals surface area contributed by atoms with E-state index in [1.807, 2.05) is 46.9 Å². The van der Waals surface area contributed by atoms with E-state index in [9.17, 15) is 0 Å². The molecule has 0 aliphatic rings. The average Bonchev–Trinajstić information content (AvgIpc) is 1.56. The van der Waals surface area contributed by atoms with E-state index in [-0.39, 0.29) is 0 Å². The number of rotatable bonds is 10. The number of para-hydroxylation sites is 8. The first kappa shape index (κ1) is 62.1. The summed E-state index contributed by atoms with van der Waals surface area (Å²) in [6.07, 6.45) is 0. The molecule has 0 bridgehead atoms. The molecule has 24 rings (SSSR count). The molecule has 0 aliphatic carbocycles. The van der Waals surface area contributed by atoms with Crippen molar-refractivity contribution in [3.8, 4) is 33.6 Å². The van der Waals surface area contributed by atoms with Crippen LogP contribution in [0.5, 0.6) is 0 Å². The Hall–Kier alpha value is -14.2. The van der Waals surface area contributed by atoms with E-state index in [4.69, 9.17) is 17.7 Å². The molecule has 16 aromatic carbocycles. The second kappa shape index (κ2) is 24.7. The fourth-order valence-electron chi connectivity index (χ4n) is 17.0. The maximum absolute atomic E-state index is 6.87. The second-order valence-electron chi connectivity index (χ2n) is 28.2. The van der Waals surface area contributed by atoms with Crippen molar-refractivity contribution in [1.82, 2.24) is 9.13 Å². The predicted octanol–water partition coefficient (Wildman–Crippen LogP) is 29.9. The first-order valence-corrected chi connectivity index (χ1v) is 38.6. The van der Waals surface area contributed by atoms with Crippen LogP contribution in [-0.4, -0.2) is 9.13 Å². The number of furan rings is 4. The van der Waals surface area contributed by atoms with Gasteiger partial charge in [-0.05, 0) is 169 Å². The Morgan fingerprint density at radius 1 is 0.209 bits per heavy atom. The number of fused-ring (bicyclic) bond motifs is 22. The fraction of sp³-hybridized carbons (Fsp3) is 0. The number of benzene rings is 16. The summed E-state index contributed by atoms with van der Waals surface area (Å²) in [4.78, 5) is 4.66. The summed E-state index contributed by atoms with van der Waals surface area (Å²) in [6, 6.07) is 129. The zero-order chi connectivity index (χ0) is 72.1. The van der Waals surface area contributed by atoms with Gasteiger partial charge < -0.3 is 36.6 Å². The van der Waals surface area contributed by atoms with Gasteiger partial charge in [-0.3, -0.25) is 0 Å². The van der Waals surface area contributed by atoms with E-state index in [1.165, 1.54) is 40.3 Å². The summed E-state index contributed by atoms with van der Waals surface area (Å²) >= 11 is 3.71. The van der Waals surface area contributed by atoms with E-state index in [2.05, 4.69) is 359 Å². The lowest BCUT2D eigenvalue weighted by Gasteiger charge is -2.26. The minimum Gasteiger partial charge on any atom is -0.456 e. The molecule has 516 valence electrons. The van der Waals surface area contributed by atoms with Gasteiger partial charge in [0.2, 0.25) is 0 Å². The molecule has 10 heteroatoms. The standard InChI is InChI=1S/C50H30N2O3.C50H30N2OS2/c1-2-11-32(12-3-1)52-43-18-7-4-15-41(43)50-48(52)42-17-10-16-36(49(42)55-50)31-21-23-33(24-22-31)51(34-25-27-39-37-13-5-8-19-44(37)53-46(39)29-34)35-26-28-40-38-14-6-9-20-45(38)54-47(40)30-35;1-2-11-32(12-3-1)52-43-18-7-4-15-41(43)50-48(52)42-17-10-16-36(49(42)53-50)31-21-23-33(24-22-31)51(34-25-27-39-37-13-5-8-19-44(37)54-46(39)29-34)35-26-28-40-38-14-6-9-20-45(38)55-47(40)30-35/h2*1-30H. The van der Waals surface area contributed by atoms with Crippen LogP contribution in [0.2, 0.25) is 0 Å². The first-order chi connectivity index (χ1) is 54.5. The highest BCUT2D eigenvalue weighted by Crippen LogP contribution is 2.49. The van der Waals surface area contributed by atoms with Gasteiger partial charge in [0.1, 0.15) is 44.5 Å². The van der Waals surface area contributed by atoms with E-state index in [0.717, 1.165) is 178 Å². The van der Waals surface area contributed by atoms with Crippen LogP contribution >= 0.6 is 22.7 Å². The zero-order valence-corrected chi connectivity index (χ0v) is 60.5. The van der Waals surface area contributed by atoms with Crippen LogP contribution in [0.15, 0.2) is 382 Å². The van der Waals surface area contributed by atoms with Crippen LogP contribution in [0.3, 0.4) is 0 Å². The summed E-state index contributed by atoms with van der Waals surface area (Å²) in [6.45, 7) is 0. The number of nitrogens with zero attached hydrogens (tertiary/aromatic N) is 4. The molecule has 0 fully saturated rings. The Morgan fingerprint density at radius 3 is 0.973 bits per heavy atom. The van der Waals surface area contributed by atoms with Gasteiger partial charge in [-0.25, -0.2) is 0 Å². The fourth-order valence-corrected chi connectivity index (χ4v) is 19.3. The van der Waals surface area contributed by atoms with Crippen LogP contribution in [0.25, 0.3) is 184 Å².